The second-order valence-corrected chi connectivity index (χ2v) is 4.28. The van der Waals surface area contributed by atoms with Crippen LogP contribution in [0.3, 0.4) is 0 Å². The monoisotopic (exact) mass is 262 g/mol. The Morgan fingerprint density at radius 2 is 2.21 bits per heavy atom. The molecule has 0 fully saturated rings. The molecule has 0 unspecified atom stereocenters. The van der Waals surface area contributed by atoms with Crippen molar-refractivity contribution < 1.29 is 9.18 Å². The fourth-order valence-corrected chi connectivity index (χ4v) is 1.62. The van der Waals surface area contributed by atoms with Gasteiger partial charge < -0.3 is 10.6 Å². The minimum atomic E-state index is -0.522. The van der Waals surface area contributed by atoms with E-state index in [4.69, 9.17) is 5.73 Å². The predicted octanol–water partition coefficient (Wildman–Crippen LogP) is 2.01. The fraction of sp³-hybridized carbons (Fsp3) is 0.400. The molecule has 0 bridgehead atoms. The van der Waals surface area contributed by atoms with Crippen LogP contribution in [0.1, 0.15) is 35.7 Å². The van der Waals surface area contributed by atoms with Gasteiger partial charge in [-0.2, -0.15) is 0 Å². The van der Waals surface area contributed by atoms with Gasteiger partial charge in [0.2, 0.25) is 0 Å². The average Bonchev–Trinajstić information content (AvgIpc) is 2.43. The maximum atomic E-state index is 13.7. The van der Waals surface area contributed by atoms with Gasteiger partial charge in [-0.1, -0.05) is 25.2 Å². The molecule has 1 rings (SSSR count). The molecule has 102 valence electrons. The molecule has 0 aliphatic rings. The van der Waals surface area contributed by atoms with Crippen molar-refractivity contribution in [3.05, 3.63) is 35.1 Å². The zero-order chi connectivity index (χ0) is 14.3. The molecule has 0 spiro atoms. The van der Waals surface area contributed by atoms with Crippen LogP contribution in [-0.4, -0.2) is 30.9 Å². The number of carbonyl (C=O) groups is 1. The first kappa shape index (κ1) is 15.2. The third-order valence-electron chi connectivity index (χ3n) is 2.73. The van der Waals surface area contributed by atoms with Gasteiger partial charge in [0.05, 0.1) is 12.1 Å². The Labute approximate surface area is 113 Å². The summed E-state index contributed by atoms with van der Waals surface area (Å²) < 4.78 is 13.7. The molecular weight excluding hydrogens is 243 g/mol. The van der Waals surface area contributed by atoms with Gasteiger partial charge in [0, 0.05) is 19.2 Å². The van der Waals surface area contributed by atoms with E-state index >= 15 is 0 Å². The number of hydrogen-bond donors (Lipinski definition) is 1. The summed E-state index contributed by atoms with van der Waals surface area (Å²) >= 11 is 0. The number of nitrogens with two attached hydrogens (primary N) is 1. The van der Waals surface area contributed by atoms with E-state index in [0.717, 1.165) is 12.8 Å². The second-order valence-electron chi connectivity index (χ2n) is 4.28. The molecule has 0 aromatic heterocycles. The molecule has 1 amide bonds. The van der Waals surface area contributed by atoms with E-state index in [1.807, 2.05) is 6.92 Å². The Kier molecular flexibility index (Phi) is 6.04. The van der Waals surface area contributed by atoms with Crippen molar-refractivity contribution in [3.8, 4) is 11.8 Å². The van der Waals surface area contributed by atoms with Crippen LogP contribution < -0.4 is 5.73 Å². The third kappa shape index (κ3) is 4.38. The van der Waals surface area contributed by atoms with Crippen LogP contribution in [0, 0.1) is 17.7 Å². The van der Waals surface area contributed by atoms with Crippen LogP contribution in [0.25, 0.3) is 0 Å². The van der Waals surface area contributed by atoms with E-state index in [0.29, 0.717) is 12.1 Å². The van der Waals surface area contributed by atoms with E-state index in [2.05, 4.69) is 11.8 Å². The lowest BCUT2D eigenvalue weighted by Crippen LogP contribution is -2.28. The van der Waals surface area contributed by atoms with Gasteiger partial charge in [-0.25, -0.2) is 4.39 Å². The summed E-state index contributed by atoms with van der Waals surface area (Å²) in [7, 11) is 1.68. The minimum absolute atomic E-state index is 0.0578. The fourth-order valence-electron chi connectivity index (χ4n) is 1.62. The molecule has 0 aliphatic heterocycles. The molecule has 19 heavy (non-hydrogen) atoms. The Morgan fingerprint density at radius 1 is 1.47 bits per heavy atom. The molecule has 0 heterocycles. The lowest BCUT2D eigenvalue weighted by molar-refractivity contribution is 0.0788. The Hall–Kier alpha value is -1.86. The molecule has 0 atom stereocenters. The smallest absolute Gasteiger partial charge is 0.256 e. The van der Waals surface area contributed by atoms with E-state index < -0.39 is 5.82 Å². The highest BCUT2D eigenvalue weighted by Crippen LogP contribution is 2.12. The lowest BCUT2D eigenvalue weighted by Gasteiger charge is -2.17. The van der Waals surface area contributed by atoms with Crippen LogP contribution in [-0.2, 0) is 0 Å². The van der Waals surface area contributed by atoms with Crippen molar-refractivity contribution in [1.82, 2.24) is 4.90 Å². The molecule has 0 aliphatic carbocycles. The summed E-state index contributed by atoms with van der Waals surface area (Å²) in [5, 5.41) is 0. The first-order valence-electron chi connectivity index (χ1n) is 6.34. The zero-order valence-corrected chi connectivity index (χ0v) is 11.4. The molecule has 2 N–H and O–H groups in total. The van der Waals surface area contributed by atoms with Crippen molar-refractivity contribution in [2.45, 2.75) is 19.8 Å². The SMILES string of the molecule is CCCCN(C)C(=O)c1cc(C#CCN)ccc1F. The topological polar surface area (TPSA) is 46.3 Å². The van der Waals surface area contributed by atoms with Crippen LogP contribution >= 0.6 is 0 Å². The Bertz CT molecular complexity index is 503. The molecular formula is C15H19FN2O. The van der Waals surface area contributed by atoms with Gasteiger partial charge in [0.15, 0.2) is 0 Å². The number of nitrogens with zero attached hydrogens (tertiary/aromatic N) is 1. The summed E-state index contributed by atoms with van der Waals surface area (Å²) in [4.78, 5) is 13.6. The first-order chi connectivity index (χ1) is 9.10. The van der Waals surface area contributed by atoms with Gasteiger partial charge in [-0.05, 0) is 24.6 Å². The zero-order valence-electron chi connectivity index (χ0n) is 11.4. The summed E-state index contributed by atoms with van der Waals surface area (Å²) in [6, 6.07) is 4.28. The van der Waals surface area contributed by atoms with Crippen molar-refractivity contribution in [1.29, 1.82) is 0 Å². The maximum absolute atomic E-state index is 13.7. The van der Waals surface area contributed by atoms with Gasteiger partial charge in [0.1, 0.15) is 5.82 Å². The molecule has 0 saturated carbocycles. The van der Waals surface area contributed by atoms with E-state index in [1.54, 1.807) is 13.1 Å². The summed E-state index contributed by atoms with van der Waals surface area (Å²) in [5.74, 6) is 4.64. The lowest BCUT2D eigenvalue weighted by atomic mass is 10.1. The molecule has 1 aromatic carbocycles. The second kappa shape index (κ2) is 7.55. The number of halogens is 1. The largest absolute Gasteiger partial charge is 0.342 e. The molecule has 1 aromatic rings. The van der Waals surface area contributed by atoms with E-state index in [9.17, 15) is 9.18 Å². The van der Waals surface area contributed by atoms with Crippen LogP contribution in [0.5, 0.6) is 0 Å². The summed E-state index contributed by atoms with van der Waals surface area (Å²) in [6.07, 6.45) is 1.89. The van der Waals surface area contributed by atoms with E-state index in [-0.39, 0.29) is 18.0 Å². The van der Waals surface area contributed by atoms with Gasteiger partial charge in [-0.3, -0.25) is 4.79 Å². The maximum Gasteiger partial charge on any atom is 0.256 e. The van der Waals surface area contributed by atoms with Crippen LogP contribution in [0.15, 0.2) is 18.2 Å². The number of unbranched alkanes of at least 4 members (excludes halogenated alkanes) is 1. The van der Waals surface area contributed by atoms with Crippen LogP contribution in [0.2, 0.25) is 0 Å². The van der Waals surface area contributed by atoms with Crippen molar-refractivity contribution in [2.24, 2.45) is 5.73 Å². The normalized spacial score (nSPS) is 9.68. The number of carbonyl (C=O) groups excluding carboxylic acids is 1. The van der Waals surface area contributed by atoms with Crippen LogP contribution in [0.4, 0.5) is 4.39 Å². The number of benzene rings is 1. The van der Waals surface area contributed by atoms with Gasteiger partial charge in [0.25, 0.3) is 5.91 Å². The van der Waals surface area contributed by atoms with Crippen molar-refractivity contribution in [2.75, 3.05) is 20.1 Å². The predicted molar refractivity (Wildman–Crippen MR) is 74.2 cm³/mol. The highest BCUT2D eigenvalue weighted by atomic mass is 19.1. The standard InChI is InChI=1S/C15H19FN2O/c1-3-4-10-18(2)15(19)13-11-12(6-5-9-17)7-8-14(13)16/h7-8,11H,3-4,9-10,17H2,1-2H3. The molecule has 4 heteroatoms. The van der Waals surface area contributed by atoms with E-state index in [1.165, 1.54) is 17.0 Å². The molecule has 0 radical (unpaired) electrons. The third-order valence-corrected chi connectivity index (χ3v) is 2.73. The summed E-state index contributed by atoms with van der Waals surface area (Å²) in [6.45, 7) is 2.90. The Balaban J connectivity index is 2.95. The highest BCUT2D eigenvalue weighted by Gasteiger charge is 2.16. The highest BCUT2D eigenvalue weighted by molar-refractivity contribution is 5.94. The quantitative estimate of drug-likeness (QED) is 0.844. The van der Waals surface area contributed by atoms with Gasteiger partial charge >= 0.3 is 0 Å². The molecule has 3 nitrogen and oxygen atoms in total. The Morgan fingerprint density at radius 3 is 2.84 bits per heavy atom. The van der Waals surface area contributed by atoms with Gasteiger partial charge in [-0.15, -0.1) is 0 Å². The van der Waals surface area contributed by atoms with Crippen molar-refractivity contribution in [3.63, 3.8) is 0 Å². The number of rotatable bonds is 4. The first-order valence-corrected chi connectivity index (χ1v) is 6.34. The van der Waals surface area contributed by atoms with Crippen molar-refractivity contribution >= 4 is 5.91 Å². The average molecular weight is 262 g/mol. The minimum Gasteiger partial charge on any atom is -0.342 e. The number of hydrogen-bond acceptors (Lipinski definition) is 2. The molecule has 0 saturated heterocycles. The number of amides is 1. The summed E-state index contributed by atoms with van der Waals surface area (Å²) in [5.41, 5.74) is 5.94.